The summed E-state index contributed by atoms with van der Waals surface area (Å²) in [6.45, 7) is 3.31. The third-order valence-electron chi connectivity index (χ3n) is 5.99. The van der Waals surface area contributed by atoms with Crippen molar-refractivity contribution in [2.75, 3.05) is 31.6 Å². The molecule has 0 spiro atoms. The highest BCUT2D eigenvalue weighted by Gasteiger charge is 2.28. The van der Waals surface area contributed by atoms with Gasteiger partial charge in [0.25, 0.3) is 0 Å². The number of nitrogens with one attached hydrogen (secondary N) is 1. The number of hydrogen-bond donors (Lipinski definition) is 1. The molecule has 168 valence electrons. The second-order valence-corrected chi connectivity index (χ2v) is 8.14. The quantitative estimate of drug-likeness (QED) is 0.462. The van der Waals surface area contributed by atoms with E-state index < -0.39 is 11.6 Å². The van der Waals surface area contributed by atoms with E-state index in [0.717, 1.165) is 49.9 Å². The standard InChI is InChI=1S/C26H27F3N2O/c27-21-8-6-19(7-9-21)26(30-22-10-11-24(28)25(29)18-22)20-12-14-31(15-13-20)16-17-32-23-4-2-1-3-5-23/h1-11,18,20,26,30H,12-17H2. The van der Waals surface area contributed by atoms with Gasteiger partial charge < -0.3 is 10.1 Å². The zero-order valence-electron chi connectivity index (χ0n) is 17.8. The van der Waals surface area contributed by atoms with Crippen molar-refractivity contribution in [2.45, 2.75) is 18.9 Å². The highest BCUT2D eigenvalue weighted by Crippen LogP contribution is 2.34. The summed E-state index contributed by atoms with van der Waals surface area (Å²) in [5.74, 6) is -0.913. The fourth-order valence-corrected chi connectivity index (χ4v) is 4.23. The Morgan fingerprint density at radius 3 is 2.28 bits per heavy atom. The maximum atomic E-state index is 13.7. The molecule has 1 aliphatic rings. The van der Waals surface area contributed by atoms with E-state index in [2.05, 4.69) is 10.2 Å². The molecule has 0 bridgehead atoms. The van der Waals surface area contributed by atoms with Crippen LogP contribution in [0.1, 0.15) is 24.4 Å². The molecule has 1 N–H and O–H groups in total. The number of anilines is 1. The third kappa shape index (κ3) is 5.82. The number of likely N-dealkylation sites (tertiary alicyclic amines) is 1. The number of piperidine rings is 1. The molecule has 1 fully saturated rings. The summed E-state index contributed by atoms with van der Waals surface area (Å²) in [4.78, 5) is 2.37. The van der Waals surface area contributed by atoms with Crippen molar-refractivity contribution in [3.8, 4) is 5.75 Å². The summed E-state index contributed by atoms with van der Waals surface area (Å²) in [5.41, 5.74) is 1.44. The van der Waals surface area contributed by atoms with Gasteiger partial charge in [0.1, 0.15) is 18.2 Å². The van der Waals surface area contributed by atoms with Crippen molar-refractivity contribution < 1.29 is 17.9 Å². The van der Waals surface area contributed by atoms with E-state index in [4.69, 9.17) is 4.74 Å². The molecule has 0 radical (unpaired) electrons. The van der Waals surface area contributed by atoms with Crippen LogP contribution in [0, 0.1) is 23.4 Å². The second kappa shape index (κ2) is 10.6. The van der Waals surface area contributed by atoms with E-state index in [1.165, 1.54) is 24.3 Å². The molecule has 1 aliphatic heterocycles. The van der Waals surface area contributed by atoms with Crippen molar-refractivity contribution >= 4 is 5.69 Å². The van der Waals surface area contributed by atoms with Crippen LogP contribution in [0.5, 0.6) is 5.75 Å². The first-order chi connectivity index (χ1) is 15.6. The average molecular weight is 441 g/mol. The Hall–Kier alpha value is -2.99. The first-order valence-corrected chi connectivity index (χ1v) is 11.0. The molecule has 1 heterocycles. The number of halogens is 3. The SMILES string of the molecule is Fc1ccc(C(Nc2ccc(F)c(F)c2)C2CCN(CCOc3ccccc3)CC2)cc1. The van der Waals surface area contributed by atoms with Crippen LogP contribution >= 0.6 is 0 Å². The van der Waals surface area contributed by atoms with Crippen LogP contribution < -0.4 is 10.1 Å². The molecule has 6 heteroatoms. The smallest absolute Gasteiger partial charge is 0.160 e. The maximum absolute atomic E-state index is 13.7. The molecular formula is C26H27F3N2O. The minimum absolute atomic E-state index is 0.122. The van der Waals surface area contributed by atoms with Crippen LogP contribution in [0.15, 0.2) is 72.8 Å². The monoisotopic (exact) mass is 440 g/mol. The van der Waals surface area contributed by atoms with Gasteiger partial charge in [0.2, 0.25) is 0 Å². The van der Waals surface area contributed by atoms with E-state index in [1.807, 2.05) is 30.3 Å². The lowest BCUT2D eigenvalue weighted by atomic mass is 9.85. The zero-order valence-corrected chi connectivity index (χ0v) is 17.8. The normalized spacial score (nSPS) is 16.0. The lowest BCUT2D eigenvalue weighted by Gasteiger charge is -2.37. The summed E-state index contributed by atoms with van der Waals surface area (Å²) < 4.78 is 46.4. The topological polar surface area (TPSA) is 24.5 Å². The Labute approximate surface area is 186 Å². The predicted octanol–water partition coefficient (Wildman–Crippen LogP) is 6.05. The fraction of sp³-hybridized carbons (Fsp3) is 0.308. The Bertz CT molecular complexity index is 990. The van der Waals surface area contributed by atoms with Crippen LogP contribution in [0.25, 0.3) is 0 Å². The van der Waals surface area contributed by atoms with Crippen molar-refractivity contribution in [1.29, 1.82) is 0 Å². The van der Waals surface area contributed by atoms with Gasteiger partial charge in [-0.15, -0.1) is 0 Å². The van der Waals surface area contributed by atoms with E-state index in [0.29, 0.717) is 12.3 Å². The van der Waals surface area contributed by atoms with Crippen molar-refractivity contribution in [2.24, 2.45) is 5.92 Å². The molecule has 0 saturated carbocycles. The maximum Gasteiger partial charge on any atom is 0.160 e. The molecule has 3 aromatic carbocycles. The lowest BCUT2D eigenvalue weighted by Crippen LogP contribution is -2.39. The number of rotatable bonds is 8. The van der Waals surface area contributed by atoms with E-state index in [-0.39, 0.29) is 17.8 Å². The highest BCUT2D eigenvalue weighted by atomic mass is 19.2. The second-order valence-electron chi connectivity index (χ2n) is 8.14. The zero-order chi connectivity index (χ0) is 22.3. The number of para-hydroxylation sites is 1. The fourth-order valence-electron chi connectivity index (χ4n) is 4.23. The molecule has 32 heavy (non-hydrogen) atoms. The molecule has 0 amide bonds. The van der Waals surface area contributed by atoms with E-state index in [1.54, 1.807) is 12.1 Å². The summed E-state index contributed by atoms with van der Waals surface area (Å²) in [7, 11) is 0. The van der Waals surface area contributed by atoms with Gasteiger partial charge in [-0.1, -0.05) is 30.3 Å². The first-order valence-electron chi connectivity index (χ1n) is 11.0. The minimum Gasteiger partial charge on any atom is -0.492 e. The molecule has 3 nitrogen and oxygen atoms in total. The van der Waals surface area contributed by atoms with Gasteiger partial charge in [-0.3, -0.25) is 4.90 Å². The van der Waals surface area contributed by atoms with E-state index in [9.17, 15) is 13.2 Å². The molecule has 1 saturated heterocycles. The van der Waals surface area contributed by atoms with Crippen LogP contribution in [0.2, 0.25) is 0 Å². The Balaban J connectivity index is 1.38. The molecular weight excluding hydrogens is 413 g/mol. The van der Waals surface area contributed by atoms with Crippen LogP contribution in [-0.4, -0.2) is 31.1 Å². The van der Waals surface area contributed by atoms with Gasteiger partial charge in [-0.25, -0.2) is 13.2 Å². The molecule has 0 aromatic heterocycles. The Morgan fingerprint density at radius 2 is 1.59 bits per heavy atom. The third-order valence-corrected chi connectivity index (χ3v) is 5.99. The van der Waals surface area contributed by atoms with E-state index >= 15 is 0 Å². The average Bonchev–Trinajstić information content (AvgIpc) is 2.82. The minimum atomic E-state index is -0.888. The van der Waals surface area contributed by atoms with Crippen molar-refractivity contribution in [3.05, 3.63) is 95.8 Å². The van der Waals surface area contributed by atoms with Gasteiger partial charge in [0.15, 0.2) is 11.6 Å². The van der Waals surface area contributed by atoms with Gasteiger partial charge >= 0.3 is 0 Å². The summed E-state index contributed by atoms with van der Waals surface area (Å²) in [6.07, 6.45) is 1.87. The van der Waals surface area contributed by atoms with Crippen LogP contribution in [0.3, 0.4) is 0 Å². The molecule has 4 rings (SSSR count). The lowest BCUT2D eigenvalue weighted by molar-refractivity contribution is 0.147. The summed E-state index contributed by atoms with van der Waals surface area (Å²) in [6, 6.07) is 19.9. The predicted molar refractivity (Wildman–Crippen MR) is 120 cm³/mol. The van der Waals surface area contributed by atoms with Gasteiger partial charge in [0, 0.05) is 18.3 Å². The van der Waals surface area contributed by atoms with Gasteiger partial charge in [-0.2, -0.15) is 0 Å². The van der Waals surface area contributed by atoms with Crippen LogP contribution in [-0.2, 0) is 0 Å². The largest absolute Gasteiger partial charge is 0.492 e. The first kappa shape index (κ1) is 22.2. The van der Waals surface area contributed by atoms with Gasteiger partial charge in [-0.05, 0) is 73.8 Å². The summed E-state index contributed by atoms with van der Waals surface area (Å²) >= 11 is 0. The number of benzene rings is 3. The number of hydrogen-bond acceptors (Lipinski definition) is 3. The molecule has 1 atom stereocenters. The number of ether oxygens (including phenoxy) is 1. The van der Waals surface area contributed by atoms with Gasteiger partial charge in [0.05, 0.1) is 6.04 Å². The number of nitrogens with zero attached hydrogens (tertiary/aromatic N) is 1. The molecule has 0 aliphatic carbocycles. The Morgan fingerprint density at radius 1 is 0.875 bits per heavy atom. The molecule has 1 unspecified atom stereocenters. The van der Waals surface area contributed by atoms with Crippen molar-refractivity contribution in [3.63, 3.8) is 0 Å². The summed E-state index contributed by atoms with van der Waals surface area (Å²) in [5, 5.41) is 3.36. The Kier molecular flexibility index (Phi) is 7.32. The molecule has 3 aromatic rings. The van der Waals surface area contributed by atoms with Crippen LogP contribution in [0.4, 0.5) is 18.9 Å². The highest BCUT2D eigenvalue weighted by molar-refractivity contribution is 5.46. The van der Waals surface area contributed by atoms with Crippen molar-refractivity contribution in [1.82, 2.24) is 4.90 Å².